The number of nitrogens with zero attached hydrogens (tertiary/aromatic N) is 7. The molecule has 0 aliphatic carbocycles. The lowest BCUT2D eigenvalue weighted by molar-refractivity contribution is 0.0256. The molecule has 1 aliphatic heterocycles. The summed E-state index contributed by atoms with van der Waals surface area (Å²) >= 11 is 0. The number of aromatic nitrogens is 6. The van der Waals surface area contributed by atoms with E-state index in [0.29, 0.717) is 17.2 Å². The minimum atomic E-state index is -2.79. The minimum Gasteiger partial charge on any atom is -0.348 e. The molecule has 10 heteroatoms. The summed E-state index contributed by atoms with van der Waals surface area (Å²) in [4.78, 5) is 27.2. The van der Waals surface area contributed by atoms with Crippen molar-refractivity contribution in [1.82, 2.24) is 29.9 Å². The topological polar surface area (TPSA) is 89.7 Å². The summed E-state index contributed by atoms with van der Waals surface area (Å²) in [6, 6.07) is 5.04. The fraction of sp³-hybridized carbons (Fsp3) is 0.474. The van der Waals surface area contributed by atoms with Crippen LogP contribution in [0.25, 0.3) is 11.2 Å². The molecule has 0 atom stereocenters. The molecule has 0 bridgehead atoms. The van der Waals surface area contributed by atoms with E-state index in [1.807, 2.05) is 20.8 Å². The number of alkyl halides is 2. The Labute approximate surface area is 166 Å². The van der Waals surface area contributed by atoms with Crippen molar-refractivity contribution in [3.8, 4) is 0 Å². The van der Waals surface area contributed by atoms with E-state index in [1.54, 1.807) is 18.2 Å². The maximum absolute atomic E-state index is 13.9. The highest BCUT2D eigenvalue weighted by Crippen LogP contribution is 2.34. The molecule has 0 spiro atoms. The second-order valence-corrected chi connectivity index (χ2v) is 8.21. The number of halogens is 2. The molecule has 29 heavy (non-hydrogen) atoms. The van der Waals surface area contributed by atoms with Crippen LogP contribution in [-0.2, 0) is 12.0 Å². The number of Topliss-reactive ketones (excluding diaryl/α,β-unsaturated/α-hetero) is 1. The van der Waals surface area contributed by atoms with Gasteiger partial charge in [-0.2, -0.15) is 0 Å². The molecule has 1 aliphatic rings. The summed E-state index contributed by atoms with van der Waals surface area (Å²) in [5.41, 5.74) is 0.542. The Kier molecular flexibility index (Phi) is 4.51. The second kappa shape index (κ2) is 6.78. The average Bonchev–Trinajstić information content (AvgIpc) is 3.24. The molecule has 0 saturated carbocycles. The molecule has 0 amide bonds. The summed E-state index contributed by atoms with van der Waals surface area (Å²) in [6.07, 6.45) is 1.28. The molecular weight excluding hydrogens is 380 g/mol. The Balaban J connectivity index is 1.80. The first-order chi connectivity index (χ1) is 13.6. The molecule has 4 rings (SSSR count). The van der Waals surface area contributed by atoms with Gasteiger partial charge in [0.25, 0.3) is 5.92 Å². The fourth-order valence-electron chi connectivity index (χ4n) is 3.20. The Morgan fingerprint density at radius 1 is 1.24 bits per heavy atom. The van der Waals surface area contributed by atoms with Crippen LogP contribution in [0.15, 0.2) is 24.4 Å². The van der Waals surface area contributed by atoms with E-state index >= 15 is 0 Å². The second-order valence-electron chi connectivity index (χ2n) is 8.21. The van der Waals surface area contributed by atoms with Gasteiger partial charge in [-0.3, -0.25) is 9.78 Å². The highest BCUT2D eigenvalue weighted by molar-refractivity contribution is 5.95. The lowest BCUT2D eigenvalue weighted by atomic mass is 9.96. The molecule has 152 valence electrons. The van der Waals surface area contributed by atoms with Crippen molar-refractivity contribution in [3.05, 3.63) is 35.9 Å². The van der Waals surface area contributed by atoms with E-state index in [9.17, 15) is 13.6 Å². The number of carbonyl (C=O) groups is 1. The average molecular weight is 401 g/mol. The molecule has 8 nitrogen and oxygen atoms in total. The number of pyridine rings is 1. The molecule has 0 radical (unpaired) electrons. The van der Waals surface area contributed by atoms with Gasteiger partial charge in [0.1, 0.15) is 18.1 Å². The van der Waals surface area contributed by atoms with Gasteiger partial charge >= 0.3 is 0 Å². The number of carbonyl (C=O) groups excluding carboxylic acids is 1. The predicted molar refractivity (Wildman–Crippen MR) is 102 cm³/mol. The van der Waals surface area contributed by atoms with E-state index in [1.165, 1.54) is 15.8 Å². The van der Waals surface area contributed by atoms with Gasteiger partial charge in [-0.1, -0.05) is 32.1 Å². The normalized spacial score (nSPS) is 16.5. The van der Waals surface area contributed by atoms with Gasteiger partial charge < -0.3 is 4.90 Å². The summed E-state index contributed by atoms with van der Waals surface area (Å²) in [5.74, 6) is -2.24. The van der Waals surface area contributed by atoms with Gasteiger partial charge in [-0.25, -0.2) is 23.4 Å². The molecule has 1 fully saturated rings. The Bertz CT molecular complexity index is 1060. The largest absolute Gasteiger partial charge is 0.348 e. The first-order valence-corrected chi connectivity index (χ1v) is 9.33. The highest BCUT2D eigenvalue weighted by Gasteiger charge is 2.40. The molecular formula is C19H21F2N7O. The van der Waals surface area contributed by atoms with Crippen LogP contribution in [0.2, 0.25) is 0 Å². The van der Waals surface area contributed by atoms with E-state index in [2.05, 4.69) is 25.3 Å². The SMILES string of the molecule is CC(C)(C)c1nc(N2CCC(F)(F)C2)c2c(nnn2CC(=O)c2ccccn2)n1. The van der Waals surface area contributed by atoms with Gasteiger partial charge in [0.05, 0.1) is 6.54 Å². The van der Waals surface area contributed by atoms with Crippen molar-refractivity contribution in [2.75, 3.05) is 18.0 Å². The monoisotopic (exact) mass is 401 g/mol. The smallest absolute Gasteiger partial charge is 0.266 e. The molecule has 4 heterocycles. The number of anilines is 1. The molecule has 1 saturated heterocycles. The quantitative estimate of drug-likeness (QED) is 0.621. The van der Waals surface area contributed by atoms with Crippen molar-refractivity contribution in [1.29, 1.82) is 0 Å². The standard InChI is InChI=1S/C19H21F2N7O/c1-18(2,3)17-23-15-14(16(24-17)27-9-7-19(20,21)11-27)28(26-25-15)10-13(29)12-6-4-5-8-22-12/h4-6,8H,7,9-11H2,1-3H3. The van der Waals surface area contributed by atoms with Crippen LogP contribution in [0.4, 0.5) is 14.6 Å². The zero-order valence-electron chi connectivity index (χ0n) is 16.4. The molecule has 0 N–H and O–H groups in total. The van der Waals surface area contributed by atoms with Crippen LogP contribution in [-0.4, -0.2) is 54.7 Å². The third kappa shape index (κ3) is 3.79. The van der Waals surface area contributed by atoms with Crippen molar-refractivity contribution >= 4 is 22.8 Å². The molecule has 3 aromatic rings. The molecule has 3 aromatic heterocycles. The lowest BCUT2D eigenvalue weighted by Crippen LogP contribution is -2.28. The van der Waals surface area contributed by atoms with E-state index in [4.69, 9.17) is 0 Å². The van der Waals surface area contributed by atoms with Crippen LogP contribution in [0.5, 0.6) is 0 Å². The van der Waals surface area contributed by atoms with Crippen molar-refractivity contribution in [2.45, 2.75) is 45.1 Å². The van der Waals surface area contributed by atoms with Crippen LogP contribution >= 0.6 is 0 Å². The van der Waals surface area contributed by atoms with Gasteiger partial charge in [-0.15, -0.1) is 5.10 Å². The number of hydrogen-bond acceptors (Lipinski definition) is 7. The Hall–Kier alpha value is -3.04. The highest BCUT2D eigenvalue weighted by atomic mass is 19.3. The fourth-order valence-corrected chi connectivity index (χ4v) is 3.20. The summed E-state index contributed by atoms with van der Waals surface area (Å²) < 4.78 is 29.1. The number of fused-ring (bicyclic) bond motifs is 1. The molecule has 0 aromatic carbocycles. The maximum atomic E-state index is 13.9. The third-order valence-electron chi connectivity index (χ3n) is 4.74. The summed E-state index contributed by atoms with van der Waals surface area (Å²) in [6.45, 7) is 5.38. The van der Waals surface area contributed by atoms with Crippen molar-refractivity contribution in [2.24, 2.45) is 0 Å². The predicted octanol–water partition coefficient (Wildman–Crippen LogP) is 2.64. The van der Waals surface area contributed by atoms with Crippen LogP contribution in [0.3, 0.4) is 0 Å². The van der Waals surface area contributed by atoms with E-state index < -0.39 is 17.9 Å². The van der Waals surface area contributed by atoms with Gasteiger partial charge in [0, 0.05) is 24.6 Å². The van der Waals surface area contributed by atoms with Crippen molar-refractivity contribution < 1.29 is 13.6 Å². The third-order valence-corrected chi connectivity index (χ3v) is 4.74. The minimum absolute atomic E-state index is 0.136. The zero-order chi connectivity index (χ0) is 20.8. The first-order valence-electron chi connectivity index (χ1n) is 9.33. The van der Waals surface area contributed by atoms with Crippen LogP contribution in [0.1, 0.15) is 43.5 Å². The van der Waals surface area contributed by atoms with Crippen molar-refractivity contribution in [3.63, 3.8) is 0 Å². The Morgan fingerprint density at radius 3 is 2.66 bits per heavy atom. The molecule has 0 unspecified atom stereocenters. The van der Waals surface area contributed by atoms with E-state index in [-0.39, 0.29) is 36.6 Å². The van der Waals surface area contributed by atoms with Crippen LogP contribution in [0, 0.1) is 0 Å². The summed E-state index contributed by atoms with van der Waals surface area (Å²) in [5, 5.41) is 8.14. The number of rotatable bonds is 4. The zero-order valence-corrected chi connectivity index (χ0v) is 16.4. The van der Waals surface area contributed by atoms with E-state index in [0.717, 1.165) is 0 Å². The summed E-state index contributed by atoms with van der Waals surface area (Å²) in [7, 11) is 0. The maximum Gasteiger partial charge on any atom is 0.266 e. The number of ketones is 1. The lowest BCUT2D eigenvalue weighted by Gasteiger charge is -2.22. The van der Waals surface area contributed by atoms with Gasteiger partial charge in [0.2, 0.25) is 11.4 Å². The first kappa shape index (κ1) is 19.3. The van der Waals surface area contributed by atoms with Crippen LogP contribution < -0.4 is 4.90 Å². The number of hydrogen-bond donors (Lipinski definition) is 0. The van der Waals surface area contributed by atoms with Gasteiger partial charge in [-0.05, 0) is 12.1 Å². The Morgan fingerprint density at radius 2 is 2.03 bits per heavy atom. The van der Waals surface area contributed by atoms with Gasteiger partial charge in [0.15, 0.2) is 11.3 Å².